The first kappa shape index (κ1) is 20.2. The molecule has 0 bridgehead atoms. The first-order valence-corrected chi connectivity index (χ1v) is 11.6. The molecule has 1 fully saturated rings. The molecular weight excluding hydrogens is 426 g/mol. The maximum absolute atomic E-state index is 12.6. The Bertz CT molecular complexity index is 1220. The van der Waals surface area contributed by atoms with Crippen molar-refractivity contribution in [3.8, 4) is 0 Å². The van der Waals surface area contributed by atoms with Gasteiger partial charge in [-0.3, -0.25) is 14.3 Å². The Morgan fingerprint density at radius 2 is 1.93 bits per heavy atom. The topological polar surface area (TPSA) is 123 Å². The summed E-state index contributed by atoms with van der Waals surface area (Å²) < 4.78 is 28.3. The van der Waals surface area contributed by atoms with Crippen LogP contribution < -0.4 is 15.6 Å². The van der Waals surface area contributed by atoms with E-state index in [1.54, 1.807) is 18.4 Å². The van der Waals surface area contributed by atoms with Crippen molar-refractivity contribution in [2.45, 2.75) is 36.6 Å². The van der Waals surface area contributed by atoms with Gasteiger partial charge in [0.25, 0.3) is 15.6 Å². The van der Waals surface area contributed by atoms with Crippen molar-refractivity contribution in [1.29, 1.82) is 0 Å². The molecule has 30 heavy (non-hydrogen) atoms. The van der Waals surface area contributed by atoms with Crippen LogP contribution in [0.1, 0.15) is 37.4 Å². The van der Waals surface area contributed by atoms with Crippen molar-refractivity contribution in [2.24, 2.45) is 0 Å². The molecule has 2 aromatic heterocycles. The molecule has 156 valence electrons. The monoisotopic (exact) mass is 445 g/mol. The summed E-state index contributed by atoms with van der Waals surface area (Å²) in [6.07, 6.45) is 3.58. The van der Waals surface area contributed by atoms with Crippen molar-refractivity contribution in [3.63, 3.8) is 0 Å². The fourth-order valence-corrected chi connectivity index (χ4v) is 4.63. The average Bonchev–Trinajstić information content (AvgIpc) is 3.45. The molecule has 0 spiro atoms. The zero-order valence-corrected chi connectivity index (χ0v) is 17.6. The van der Waals surface area contributed by atoms with Crippen LogP contribution in [0.5, 0.6) is 0 Å². The number of carbonyl (C=O) groups is 1. The second kappa shape index (κ2) is 8.00. The maximum Gasteiger partial charge on any atom is 0.267 e. The number of hydrogen-bond acceptors (Lipinski definition) is 7. The van der Waals surface area contributed by atoms with Crippen molar-refractivity contribution in [3.05, 3.63) is 64.0 Å². The van der Waals surface area contributed by atoms with Gasteiger partial charge in [-0.1, -0.05) is 0 Å². The predicted octanol–water partition coefficient (Wildman–Crippen LogP) is 2.58. The number of benzene rings is 1. The Morgan fingerprint density at radius 3 is 2.57 bits per heavy atom. The zero-order valence-electron chi connectivity index (χ0n) is 16.0. The van der Waals surface area contributed by atoms with E-state index in [1.807, 2.05) is 0 Å². The SMILES string of the molecule is CC(C(=O)Nc1ccc(S(=O)(=O)Nc2nccs2)cc1)n1nc(C2CC2)ccc1=O. The summed E-state index contributed by atoms with van der Waals surface area (Å²) in [5.74, 6) is -0.0614. The normalized spacial score (nSPS) is 14.8. The highest BCUT2D eigenvalue weighted by molar-refractivity contribution is 7.93. The molecule has 0 aliphatic heterocycles. The summed E-state index contributed by atoms with van der Waals surface area (Å²) in [6.45, 7) is 1.59. The van der Waals surface area contributed by atoms with Gasteiger partial charge in [-0.15, -0.1) is 11.3 Å². The molecule has 1 aliphatic carbocycles. The number of nitrogens with one attached hydrogen (secondary N) is 2. The minimum Gasteiger partial charge on any atom is -0.324 e. The zero-order chi connectivity index (χ0) is 21.3. The molecule has 1 saturated carbocycles. The quantitative estimate of drug-likeness (QED) is 0.576. The van der Waals surface area contributed by atoms with Gasteiger partial charge in [0.05, 0.1) is 10.6 Å². The summed E-state index contributed by atoms with van der Waals surface area (Å²) >= 11 is 1.17. The van der Waals surface area contributed by atoms with Gasteiger partial charge in [0.15, 0.2) is 5.13 Å². The molecular formula is C19H19N5O4S2. The Labute approximate surface area is 176 Å². The van der Waals surface area contributed by atoms with Crippen LogP contribution in [0.15, 0.2) is 57.7 Å². The lowest BCUT2D eigenvalue weighted by Crippen LogP contribution is -2.33. The van der Waals surface area contributed by atoms with E-state index in [4.69, 9.17) is 0 Å². The van der Waals surface area contributed by atoms with E-state index in [1.165, 1.54) is 52.5 Å². The molecule has 1 atom stereocenters. The van der Waals surface area contributed by atoms with E-state index >= 15 is 0 Å². The summed E-state index contributed by atoms with van der Waals surface area (Å²) in [5, 5.41) is 8.96. The lowest BCUT2D eigenvalue weighted by molar-refractivity contribution is -0.119. The van der Waals surface area contributed by atoms with Crippen molar-refractivity contribution >= 4 is 38.1 Å². The summed E-state index contributed by atoms with van der Waals surface area (Å²) in [6, 6.07) is 8.06. The molecule has 2 N–H and O–H groups in total. The Morgan fingerprint density at radius 1 is 1.20 bits per heavy atom. The molecule has 9 nitrogen and oxygen atoms in total. The molecule has 3 aromatic rings. The van der Waals surface area contributed by atoms with E-state index in [9.17, 15) is 18.0 Å². The lowest BCUT2D eigenvalue weighted by Gasteiger charge is -2.15. The van der Waals surface area contributed by atoms with Gasteiger partial charge in [-0.25, -0.2) is 18.1 Å². The molecule has 2 heterocycles. The minimum absolute atomic E-state index is 0.0405. The number of hydrogen-bond donors (Lipinski definition) is 2. The highest BCUT2D eigenvalue weighted by Gasteiger charge is 2.27. The van der Waals surface area contributed by atoms with Crippen LogP contribution >= 0.6 is 11.3 Å². The number of sulfonamides is 1. The highest BCUT2D eigenvalue weighted by atomic mass is 32.2. The van der Waals surface area contributed by atoms with Crippen LogP contribution in [0.3, 0.4) is 0 Å². The summed E-state index contributed by atoms with van der Waals surface area (Å²) in [4.78, 5) is 28.7. The smallest absolute Gasteiger partial charge is 0.267 e. The van der Waals surface area contributed by atoms with Gasteiger partial charge < -0.3 is 5.32 Å². The predicted molar refractivity (Wildman–Crippen MR) is 113 cm³/mol. The third-order valence-electron chi connectivity index (χ3n) is 4.67. The number of carbonyl (C=O) groups excluding carboxylic acids is 1. The van der Waals surface area contributed by atoms with Crippen LogP contribution in [-0.2, 0) is 14.8 Å². The molecule has 0 saturated heterocycles. The van der Waals surface area contributed by atoms with Gasteiger partial charge in [0.2, 0.25) is 5.91 Å². The van der Waals surface area contributed by atoms with E-state index < -0.39 is 22.0 Å². The number of aromatic nitrogens is 3. The Hall–Kier alpha value is -3.05. The van der Waals surface area contributed by atoms with Gasteiger partial charge in [-0.2, -0.15) is 5.10 Å². The number of rotatable bonds is 7. The third-order valence-corrected chi connectivity index (χ3v) is 6.85. The fourth-order valence-electron chi connectivity index (χ4n) is 2.84. The van der Waals surface area contributed by atoms with Crippen LogP contribution in [-0.4, -0.2) is 29.1 Å². The second-order valence-electron chi connectivity index (χ2n) is 6.95. The summed E-state index contributed by atoms with van der Waals surface area (Å²) in [7, 11) is -3.77. The number of thiazole rings is 1. The standard InChI is InChI=1S/C19H19N5O4S2/c1-12(24-17(25)9-8-16(22-24)13-2-3-13)18(26)21-14-4-6-15(7-5-14)30(27,28)23-19-20-10-11-29-19/h4-13H,2-3H2,1H3,(H,20,23)(H,21,26). The molecule has 1 aliphatic rings. The average molecular weight is 446 g/mol. The number of amides is 1. The molecule has 1 unspecified atom stereocenters. The molecule has 11 heteroatoms. The first-order valence-electron chi connectivity index (χ1n) is 9.26. The van der Waals surface area contributed by atoms with Crippen LogP contribution in [0.25, 0.3) is 0 Å². The highest BCUT2D eigenvalue weighted by Crippen LogP contribution is 2.38. The Kier molecular flexibility index (Phi) is 5.39. The largest absolute Gasteiger partial charge is 0.324 e. The van der Waals surface area contributed by atoms with E-state index in [0.29, 0.717) is 11.6 Å². The fraction of sp³-hybridized carbons (Fsp3) is 0.263. The van der Waals surface area contributed by atoms with Gasteiger partial charge in [0, 0.05) is 29.2 Å². The first-order chi connectivity index (χ1) is 14.3. The lowest BCUT2D eigenvalue weighted by atomic mass is 10.2. The minimum atomic E-state index is -3.77. The third kappa shape index (κ3) is 4.41. The van der Waals surface area contributed by atoms with Crippen LogP contribution in [0, 0.1) is 0 Å². The van der Waals surface area contributed by atoms with Gasteiger partial charge >= 0.3 is 0 Å². The van der Waals surface area contributed by atoms with Gasteiger partial charge in [-0.05, 0) is 50.1 Å². The molecule has 4 rings (SSSR count). The molecule has 1 amide bonds. The van der Waals surface area contributed by atoms with E-state index in [2.05, 4.69) is 20.1 Å². The van der Waals surface area contributed by atoms with E-state index in [-0.39, 0.29) is 15.6 Å². The second-order valence-corrected chi connectivity index (χ2v) is 9.52. The van der Waals surface area contributed by atoms with Gasteiger partial charge in [0.1, 0.15) is 6.04 Å². The summed E-state index contributed by atoms with van der Waals surface area (Å²) in [5.41, 5.74) is 0.875. The van der Waals surface area contributed by atoms with E-state index in [0.717, 1.165) is 18.5 Å². The van der Waals surface area contributed by atoms with Crippen molar-refractivity contribution in [1.82, 2.24) is 14.8 Å². The van der Waals surface area contributed by atoms with Crippen molar-refractivity contribution in [2.75, 3.05) is 10.0 Å². The maximum atomic E-state index is 12.6. The van der Waals surface area contributed by atoms with Crippen LogP contribution in [0.4, 0.5) is 10.8 Å². The Balaban J connectivity index is 1.46. The number of nitrogens with zero attached hydrogens (tertiary/aromatic N) is 3. The van der Waals surface area contributed by atoms with Crippen molar-refractivity contribution < 1.29 is 13.2 Å². The van der Waals surface area contributed by atoms with Crippen LogP contribution in [0.2, 0.25) is 0 Å². The molecule has 0 radical (unpaired) electrons. The molecule has 1 aromatic carbocycles. The number of anilines is 2.